The van der Waals surface area contributed by atoms with Crippen molar-refractivity contribution in [2.24, 2.45) is 5.92 Å². The van der Waals surface area contributed by atoms with E-state index in [0.29, 0.717) is 28.9 Å². The van der Waals surface area contributed by atoms with Crippen molar-refractivity contribution in [3.63, 3.8) is 0 Å². The first-order chi connectivity index (χ1) is 15.0. The van der Waals surface area contributed by atoms with Crippen LogP contribution in [0.25, 0.3) is 11.4 Å². The molecule has 1 aliphatic carbocycles. The molecule has 0 aromatic carbocycles. The van der Waals surface area contributed by atoms with Gasteiger partial charge in [-0.2, -0.15) is 0 Å². The number of fused-ring (bicyclic) bond motifs is 2. The van der Waals surface area contributed by atoms with Gasteiger partial charge in [0, 0.05) is 24.1 Å². The highest BCUT2D eigenvalue weighted by atomic mass is 16.5. The van der Waals surface area contributed by atoms with E-state index < -0.39 is 0 Å². The van der Waals surface area contributed by atoms with Gasteiger partial charge in [0.25, 0.3) is 5.91 Å². The molecule has 3 aromatic rings. The number of carbonyl (C=O) groups excluding carboxylic acids is 1. The van der Waals surface area contributed by atoms with Gasteiger partial charge in [-0.05, 0) is 57.7 Å². The standard InChI is InChI=1S/C23H24N6O2/c1-13-5-6-17(22-24-7-4-8-25-22)21(28-13)23(30)29-15(3)16-9-18(29)19(10-16)31-20-12-26-14(2)11-27-20/h4-8,11-12,15-16,18-19H,9-10H2,1-3H3. The summed E-state index contributed by atoms with van der Waals surface area (Å²) in [6, 6.07) is 5.60. The average Bonchev–Trinajstić information content (AvgIpc) is 3.33. The second kappa shape index (κ2) is 7.68. The number of likely N-dealkylation sites (tertiary alicyclic amines) is 1. The summed E-state index contributed by atoms with van der Waals surface area (Å²) in [4.78, 5) is 37.5. The molecule has 1 amide bonds. The number of pyridine rings is 1. The van der Waals surface area contributed by atoms with Crippen LogP contribution in [0.1, 0.15) is 41.6 Å². The molecule has 2 aliphatic rings. The minimum absolute atomic E-state index is 0.0255. The van der Waals surface area contributed by atoms with Gasteiger partial charge in [-0.15, -0.1) is 0 Å². The van der Waals surface area contributed by atoms with Crippen LogP contribution in [0.2, 0.25) is 0 Å². The Kier molecular flexibility index (Phi) is 4.84. The Morgan fingerprint density at radius 2 is 1.84 bits per heavy atom. The fourth-order valence-electron chi connectivity index (χ4n) is 4.75. The summed E-state index contributed by atoms with van der Waals surface area (Å²) in [7, 11) is 0. The molecule has 1 saturated carbocycles. The van der Waals surface area contributed by atoms with E-state index in [9.17, 15) is 4.79 Å². The minimum Gasteiger partial charge on any atom is -0.471 e. The van der Waals surface area contributed by atoms with E-state index in [4.69, 9.17) is 4.74 Å². The molecule has 0 radical (unpaired) electrons. The van der Waals surface area contributed by atoms with Crippen LogP contribution in [0.15, 0.2) is 43.0 Å². The molecule has 158 valence electrons. The quantitative estimate of drug-likeness (QED) is 0.645. The highest BCUT2D eigenvalue weighted by Gasteiger charge is 2.53. The molecule has 4 unspecified atom stereocenters. The van der Waals surface area contributed by atoms with Gasteiger partial charge in [-0.1, -0.05) is 0 Å². The predicted molar refractivity (Wildman–Crippen MR) is 113 cm³/mol. The van der Waals surface area contributed by atoms with E-state index in [1.54, 1.807) is 30.9 Å². The van der Waals surface area contributed by atoms with Crippen molar-refractivity contribution in [1.82, 2.24) is 29.8 Å². The Morgan fingerprint density at radius 1 is 1.03 bits per heavy atom. The van der Waals surface area contributed by atoms with Crippen molar-refractivity contribution < 1.29 is 9.53 Å². The molecule has 2 fully saturated rings. The van der Waals surface area contributed by atoms with E-state index >= 15 is 0 Å². The number of hydrogen-bond acceptors (Lipinski definition) is 7. The molecule has 0 spiro atoms. The zero-order valence-electron chi connectivity index (χ0n) is 17.8. The van der Waals surface area contributed by atoms with E-state index in [-0.39, 0.29) is 24.1 Å². The maximum absolute atomic E-state index is 13.8. The third kappa shape index (κ3) is 3.52. The molecule has 8 heteroatoms. The number of hydrogen-bond donors (Lipinski definition) is 0. The Hall–Kier alpha value is -3.42. The number of amides is 1. The van der Waals surface area contributed by atoms with Crippen LogP contribution in [0.4, 0.5) is 0 Å². The van der Waals surface area contributed by atoms with E-state index in [1.807, 2.05) is 30.9 Å². The molecule has 2 bridgehead atoms. The van der Waals surface area contributed by atoms with Gasteiger partial charge >= 0.3 is 0 Å². The molecule has 1 aliphatic heterocycles. The number of aryl methyl sites for hydroxylation is 2. The molecule has 8 nitrogen and oxygen atoms in total. The van der Waals surface area contributed by atoms with Crippen molar-refractivity contribution in [3.05, 3.63) is 60.1 Å². The fourth-order valence-corrected chi connectivity index (χ4v) is 4.75. The summed E-state index contributed by atoms with van der Waals surface area (Å²) in [5.41, 5.74) is 2.65. The van der Waals surface area contributed by atoms with Gasteiger partial charge in [-0.25, -0.2) is 19.9 Å². The first kappa shape index (κ1) is 19.5. The number of rotatable bonds is 4. The Balaban J connectivity index is 1.45. The molecular formula is C23H24N6O2. The maximum Gasteiger partial charge on any atom is 0.273 e. The smallest absolute Gasteiger partial charge is 0.273 e. The summed E-state index contributed by atoms with van der Waals surface area (Å²) in [6.07, 6.45) is 8.39. The van der Waals surface area contributed by atoms with Crippen LogP contribution in [0.5, 0.6) is 5.88 Å². The number of ether oxygens (including phenoxy) is 1. The lowest BCUT2D eigenvalue weighted by Crippen LogP contribution is -2.51. The Morgan fingerprint density at radius 3 is 2.55 bits per heavy atom. The normalized spacial score (nSPS) is 24.4. The van der Waals surface area contributed by atoms with E-state index in [1.165, 1.54) is 0 Å². The van der Waals surface area contributed by atoms with E-state index in [0.717, 1.165) is 24.2 Å². The van der Waals surface area contributed by atoms with Crippen LogP contribution >= 0.6 is 0 Å². The first-order valence-electron chi connectivity index (χ1n) is 10.5. The molecule has 1 saturated heterocycles. The van der Waals surface area contributed by atoms with Crippen molar-refractivity contribution in [2.75, 3.05) is 0 Å². The second-order valence-corrected chi connectivity index (χ2v) is 8.33. The van der Waals surface area contributed by atoms with Gasteiger partial charge in [0.15, 0.2) is 5.82 Å². The summed E-state index contributed by atoms with van der Waals surface area (Å²) in [5, 5.41) is 0. The van der Waals surface area contributed by atoms with Crippen molar-refractivity contribution in [1.29, 1.82) is 0 Å². The van der Waals surface area contributed by atoms with Crippen molar-refractivity contribution in [2.45, 2.75) is 51.8 Å². The van der Waals surface area contributed by atoms with E-state index in [2.05, 4.69) is 31.8 Å². The highest BCUT2D eigenvalue weighted by Crippen LogP contribution is 2.44. The van der Waals surface area contributed by atoms with Crippen molar-refractivity contribution in [3.8, 4) is 17.3 Å². The SMILES string of the molecule is Cc1cnc(OC2CC3CC2N(C(=O)c2nc(C)ccc2-c2ncccn2)C3C)cn1. The zero-order chi connectivity index (χ0) is 21.5. The number of piperidine rings is 1. The Labute approximate surface area is 180 Å². The van der Waals surface area contributed by atoms with Crippen LogP contribution < -0.4 is 4.74 Å². The number of carbonyl (C=O) groups is 1. The van der Waals surface area contributed by atoms with Gasteiger partial charge in [0.1, 0.15) is 11.8 Å². The lowest BCUT2D eigenvalue weighted by Gasteiger charge is -2.37. The highest BCUT2D eigenvalue weighted by molar-refractivity contribution is 5.99. The lowest BCUT2D eigenvalue weighted by atomic mass is 9.98. The molecule has 5 rings (SSSR count). The van der Waals surface area contributed by atoms with Gasteiger partial charge < -0.3 is 9.64 Å². The number of aromatic nitrogens is 5. The van der Waals surface area contributed by atoms with Crippen molar-refractivity contribution >= 4 is 5.91 Å². The number of nitrogens with zero attached hydrogens (tertiary/aromatic N) is 6. The first-order valence-corrected chi connectivity index (χ1v) is 10.5. The van der Waals surface area contributed by atoms with Crippen LogP contribution in [0, 0.1) is 19.8 Å². The third-order valence-electron chi connectivity index (χ3n) is 6.29. The maximum atomic E-state index is 13.8. The van der Waals surface area contributed by atoms with Gasteiger partial charge in [0.05, 0.1) is 29.7 Å². The monoisotopic (exact) mass is 416 g/mol. The molecule has 4 atom stereocenters. The van der Waals surface area contributed by atoms with Gasteiger partial charge in [-0.3, -0.25) is 9.78 Å². The van der Waals surface area contributed by atoms with Crippen LogP contribution in [-0.2, 0) is 0 Å². The molecule has 4 heterocycles. The topological polar surface area (TPSA) is 94.0 Å². The summed E-state index contributed by atoms with van der Waals surface area (Å²) in [5.74, 6) is 1.28. The average molecular weight is 416 g/mol. The minimum atomic E-state index is -0.108. The second-order valence-electron chi connectivity index (χ2n) is 8.33. The largest absolute Gasteiger partial charge is 0.471 e. The summed E-state index contributed by atoms with van der Waals surface area (Å²) >= 11 is 0. The summed E-state index contributed by atoms with van der Waals surface area (Å²) < 4.78 is 6.15. The van der Waals surface area contributed by atoms with Crippen LogP contribution in [0.3, 0.4) is 0 Å². The molecule has 3 aromatic heterocycles. The van der Waals surface area contributed by atoms with Gasteiger partial charge in [0.2, 0.25) is 5.88 Å². The van der Waals surface area contributed by atoms with Crippen LogP contribution in [-0.4, -0.2) is 53.9 Å². The summed E-state index contributed by atoms with van der Waals surface area (Å²) in [6.45, 7) is 5.88. The zero-order valence-corrected chi connectivity index (χ0v) is 17.8. The molecule has 31 heavy (non-hydrogen) atoms. The fraction of sp³-hybridized carbons (Fsp3) is 0.391. The molecule has 0 N–H and O–H groups in total. The third-order valence-corrected chi connectivity index (χ3v) is 6.29. The lowest BCUT2D eigenvalue weighted by molar-refractivity contribution is 0.0308. The molecular weight excluding hydrogens is 392 g/mol. The Bertz CT molecular complexity index is 1100. The predicted octanol–water partition coefficient (Wildman–Crippen LogP) is 3.02.